The minimum atomic E-state index is -0.519. The predicted octanol–water partition coefficient (Wildman–Crippen LogP) is 2.30. The van der Waals surface area contributed by atoms with Gasteiger partial charge in [0.25, 0.3) is 0 Å². The lowest BCUT2D eigenvalue weighted by Gasteiger charge is -2.11. The van der Waals surface area contributed by atoms with Crippen LogP contribution in [0.15, 0.2) is 43.0 Å². The van der Waals surface area contributed by atoms with Gasteiger partial charge in [0.15, 0.2) is 17.3 Å². The first kappa shape index (κ1) is 13.6. The Labute approximate surface area is 126 Å². The molecule has 0 unspecified atom stereocenters. The molecule has 6 heteroatoms. The summed E-state index contributed by atoms with van der Waals surface area (Å²) in [7, 11) is 0. The molecule has 0 spiro atoms. The number of nitrogens with zero attached hydrogens (tertiary/aromatic N) is 4. The van der Waals surface area contributed by atoms with E-state index in [1.54, 1.807) is 24.5 Å². The van der Waals surface area contributed by atoms with Gasteiger partial charge in [0.2, 0.25) is 0 Å². The van der Waals surface area contributed by atoms with E-state index in [2.05, 4.69) is 25.9 Å². The van der Waals surface area contributed by atoms with Crippen LogP contribution in [-0.2, 0) is 0 Å². The second-order valence-corrected chi connectivity index (χ2v) is 4.40. The summed E-state index contributed by atoms with van der Waals surface area (Å²) in [6.45, 7) is 0. The summed E-state index contributed by atoms with van der Waals surface area (Å²) in [5.74, 6) is 1.94. The van der Waals surface area contributed by atoms with E-state index in [4.69, 9.17) is 12.2 Å². The van der Waals surface area contributed by atoms with Crippen molar-refractivity contribution in [2.24, 2.45) is 0 Å². The van der Waals surface area contributed by atoms with E-state index < -0.39 is 5.82 Å². The van der Waals surface area contributed by atoms with Gasteiger partial charge in [0.1, 0.15) is 11.4 Å². The van der Waals surface area contributed by atoms with E-state index >= 15 is 0 Å². The first-order valence-electron chi connectivity index (χ1n) is 6.35. The van der Waals surface area contributed by atoms with Crippen molar-refractivity contribution in [2.45, 2.75) is 0 Å². The minimum absolute atomic E-state index is 0.111. The maximum Gasteiger partial charge on any atom is 0.158 e. The molecule has 22 heavy (non-hydrogen) atoms. The summed E-state index contributed by atoms with van der Waals surface area (Å²) in [4.78, 5) is 16.3. The van der Waals surface area contributed by atoms with Crippen LogP contribution in [0.2, 0.25) is 0 Å². The third-order valence-corrected chi connectivity index (χ3v) is 3.02. The third-order valence-electron chi connectivity index (χ3n) is 3.02. The number of rotatable bonds is 2. The first-order valence-corrected chi connectivity index (χ1v) is 6.35. The lowest BCUT2D eigenvalue weighted by Crippen LogP contribution is -2.04. The molecule has 0 bridgehead atoms. The van der Waals surface area contributed by atoms with E-state index in [0.29, 0.717) is 17.0 Å². The largest absolute Gasteiger partial charge is 0.381 e. The molecule has 0 aliphatic carbocycles. The molecule has 0 aliphatic heterocycles. The molecule has 0 aliphatic rings. The number of anilines is 1. The van der Waals surface area contributed by atoms with Gasteiger partial charge in [0, 0.05) is 29.7 Å². The molecular weight excluding hydrogens is 281 g/mol. The van der Waals surface area contributed by atoms with Gasteiger partial charge in [0.05, 0.1) is 6.20 Å². The quantitative estimate of drug-likeness (QED) is 0.733. The fraction of sp³-hybridized carbons (Fsp3) is 0. The monoisotopic (exact) mass is 291 g/mol. The van der Waals surface area contributed by atoms with E-state index in [1.807, 2.05) is 0 Å². The molecule has 3 heterocycles. The van der Waals surface area contributed by atoms with Gasteiger partial charge in [-0.1, -0.05) is 0 Å². The number of terminal acetylenes is 1. The fourth-order valence-corrected chi connectivity index (χ4v) is 2.01. The zero-order valence-corrected chi connectivity index (χ0v) is 11.4. The summed E-state index contributed by atoms with van der Waals surface area (Å²) in [5, 5.41) is 0. The fourth-order valence-electron chi connectivity index (χ4n) is 2.01. The number of hydrogen-bond acceptors (Lipinski definition) is 5. The van der Waals surface area contributed by atoms with Gasteiger partial charge in [-0.2, -0.15) is 0 Å². The van der Waals surface area contributed by atoms with Crippen molar-refractivity contribution in [3.05, 3.63) is 54.5 Å². The Morgan fingerprint density at radius 3 is 2.55 bits per heavy atom. The number of hydrogen-bond donors (Lipinski definition) is 1. The molecular formula is C16H10FN5. The molecule has 0 saturated carbocycles. The summed E-state index contributed by atoms with van der Waals surface area (Å²) < 4.78 is 14.1. The third kappa shape index (κ3) is 2.36. The zero-order valence-electron chi connectivity index (χ0n) is 11.4. The summed E-state index contributed by atoms with van der Waals surface area (Å²) in [5.41, 5.74) is 7.60. The normalized spacial score (nSPS) is 10.2. The number of pyridine rings is 2. The maximum atomic E-state index is 14.1. The van der Waals surface area contributed by atoms with E-state index in [-0.39, 0.29) is 17.1 Å². The highest BCUT2D eigenvalue weighted by Gasteiger charge is 2.17. The van der Waals surface area contributed by atoms with Gasteiger partial charge in [-0.05, 0) is 24.1 Å². The molecule has 0 amide bonds. The van der Waals surface area contributed by atoms with Crippen molar-refractivity contribution in [1.82, 2.24) is 19.9 Å². The Kier molecular flexibility index (Phi) is 3.46. The molecule has 0 radical (unpaired) electrons. The number of nitrogens with two attached hydrogens (primary N) is 1. The van der Waals surface area contributed by atoms with Gasteiger partial charge < -0.3 is 5.73 Å². The Hall–Kier alpha value is -3.33. The molecule has 3 aromatic heterocycles. The second-order valence-electron chi connectivity index (χ2n) is 4.40. The average Bonchev–Trinajstić information content (AvgIpc) is 2.56. The van der Waals surface area contributed by atoms with Crippen LogP contribution in [0.5, 0.6) is 0 Å². The van der Waals surface area contributed by atoms with E-state index in [9.17, 15) is 4.39 Å². The van der Waals surface area contributed by atoms with Crippen molar-refractivity contribution in [2.75, 3.05) is 5.73 Å². The van der Waals surface area contributed by atoms with Gasteiger partial charge >= 0.3 is 0 Å². The Morgan fingerprint density at radius 1 is 1.05 bits per heavy atom. The Bertz CT molecular complexity index is 871. The number of halogens is 1. The van der Waals surface area contributed by atoms with Crippen molar-refractivity contribution in [3.8, 4) is 34.9 Å². The highest BCUT2D eigenvalue weighted by atomic mass is 19.1. The molecule has 5 nitrogen and oxygen atoms in total. The molecule has 0 atom stereocenters. The van der Waals surface area contributed by atoms with Crippen LogP contribution in [0.3, 0.4) is 0 Å². The van der Waals surface area contributed by atoms with Gasteiger partial charge in [-0.3, -0.25) is 9.97 Å². The summed E-state index contributed by atoms with van der Waals surface area (Å²) in [6, 6.07) is 5.04. The van der Waals surface area contributed by atoms with E-state index in [0.717, 1.165) is 6.20 Å². The van der Waals surface area contributed by atoms with Crippen LogP contribution in [0.25, 0.3) is 22.5 Å². The van der Waals surface area contributed by atoms with Crippen molar-refractivity contribution in [1.29, 1.82) is 0 Å². The lowest BCUT2D eigenvalue weighted by atomic mass is 10.1. The zero-order chi connectivity index (χ0) is 15.5. The van der Waals surface area contributed by atoms with Crippen LogP contribution in [-0.4, -0.2) is 19.9 Å². The van der Waals surface area contributed by atoms with Gasteiger partial charge in [-0.15, -0.1) is 6.42 Å². The van der Waals surface area contributed by atoms with Crippen molar-refractivity contribution >= 4 is 5.82 Å². The standard InChI is InChI=1S/C16H10FN5/c1-2-13-16(18)22-14(10-4-3-6-19-8-10)15(21-13)11-5-7-20-9-12(11)17/h1,3-9H,(H2,18,22). The molecule has 3 rings (SSSR count). The van der Waals surface area contributed by atoms with Crippen LogP contribution in [0.4, 0.5) is 10.2 Å². The van der Waals surface area contributed by atoms with Gasteiger partial charge in [-0.25, -0.2) is 14.4 Å². The smallest absolute Gasteiger partial charge is 0.158 e. The van der Waals surface area contributed by atoms with Crippen LogP contribution in [0, 0.1) is 18.2 Å². The maximum absolute atomic E-state index is 14.1. The molecule has 0 saturated heterocycles. The molecule has 106 valence electrons. The highest BCUT2D eigenvalue weighted by molar-refractivity contribution is 5.79. The summed E-state index contributed by atoms with van der Waals surface area (Å²) >= 11 is 0. The minimum Gasteiger partial charge on any atom is -0.381 e. The summed E-state index contributed by atoms with van der Waals surface area (Å²) in [6.07, 6.45) is 11.2. The molecule has 0 fully saturated rings. The number of nitrogen functional groups attached to an aromatic ring is 1. The molecule has 3 aromatic rings. The first-order chi connectivity index (χ1) is 10.7. The topological polar surface area (TPSA) is 77.6 Å². The molecule has 2 N–H and O–H groups in total. The van der Waals surface area contributed by atoms with Crippen LogP contribution >= 0.6 is 0 Å². The predicted molar refractivity (Wildman–Crippen MR) is 80.8 cm³/mol. The van der Waals surface area contributed by atoms with Crippen molar-refractivity contribution < 1.29 is 4.39 Å². The SMILES string of the molecule is C#Cc1nc(-c2ccncc2F)c(-c2cccnc2)nc1N. The second kappa shape index (κ2) is 5.58. The lowest BCUT2D eigenvalue weighted by molar-refractivity contribution is 0.624. The average molecular weight is 291 g/mol. The Balaban J connectivity index is 2.33. The highest BCUT2D eigenvalue weighted by Crippen LogP contribution is 2.31. The molecule has 0 aromatic carbocycles. The van der Waals surface area contributed by atoms with E-state index in [1.165, 1.54) is 12.3 Å². The Morgan fingerprint density at radius 2 is 1.86 bits per heavy atom. The van der Waals surface area contributed by atoms with Crippen LogP contribution < -0.4 is 5.73 Å². The number of aromatic nitrogens is 4. The van der Waals surface area contributed by atoms with Crippen molar-refractivity contribution in [3.63, 3.8) is 0 Å². The van der Waals surface area contributed by atoms with Crippen LogP contribution in [0.1, 0.15) is 5.69 Å².